The molecule has 1 fully saturated rings. The number of likely N-dealkylation sites (tertiary alicyclic amines) is 1. The summed E-state index contributed by atoms with van der Waals surface area (Å²) in [6, 6.07) is 10.5. The Balaban J connectivity index is 1.44. The predicted molar refractivity (Wildman–Crippen MR) is 107 cm³/mol. The van der Waals surface area contributed by atoms with Crippen molar-refractivity contribution < 1.29 is 4.79 Å². The van der Waals surface area contributed by atoms with Crippen LogP contribution < -0.4 is 5.32 Å². The molecule has 1 N–H and O–H groups in total. The van der Waals surface area contributed by atoms with Crippen molar-refractivity contribution in [2.45, 2.75) is 39.3 Å². The number of para-hydroxylation sites is 1. The molecule has 5 nitrogen and oxygen atoms in total. The summed E-state index contributed by atoms with van der Waals surface area (Å²) in [5.41, 5.74) is 1.43. The summed E-state index contributed by atoms with van der Waals surface area (Å²) in [6.45, 7) is 11.2. The van der Waals surface area contributed by atoms with Gasteiger partial charge in [-0.1, -0.05) is 18.2 Å². The lowest BCUT2D eigenvalue weighted by Gasteiger charge is -2.31. The van der Waals surface area contributed by atoms with Crippen LogP contribution in [0.15, 0.2) is 36.5 Å². The van der Waals surface area contributed by atoms with Crippen LogP contribution in [0.5, 0.6) is 0 Å². The topological polar surface area (TPSA) is 40.5 Å². The van der Waals surface area contributed by atoms with Crippen LogP contribution >= 0.6 is 0 Å². The van der Waals surface area contributed by atoms with Crippen LogP contribution in [-0.4, -0.2) is 59.2 Å². The third kappa shape index (κ3) is 4.39. The Kier molecular flexibility index (Phi) is 5.56. The number of carbonyl (C=O) groups excluding carboxylic acids is 1. The molecule has 1 aliphatic rings. The molecule has 1 atom stereocenters. The van der Waals surface area contributed by atoms with E-state index in [2.05, 4.69) is 72.1 Å². The van der Waals surface area contributed by atoms with Crippen LogP contribution in [-0.2, 0) is 6.54 Å². The van der Waals surface area contributed by atoms with Gasteiger partial charge in [-0.15, -0.1) is 0 Å². The van der Waals surface area contributed by atoms with Gasteiger partial charge in [-0.3, -0.25) is 4.90 Å². The van der Waals surface area contributed by atoms with Crippen LogP contribution in [0.25, 0.3) is 10.9 Å². The normalized spacial score (nSPS) is 18.4. The molecular weight excluding hydrogens is 324 g/mol. The smallest absolute Gasteiger partial charge is 0.317 e. The Morgan fingerprint density at radius 1 is 1.27 bits per heavy atom. The zero-order chi connectivity index (χ0) is 18.7. The molecule has 1 aromatic carbocycles. The third-order valence-corrected chi connectivity index (χ3v) is 5.48. The minimum Gasteiger partial charge on any atom is -0.346 e. The highest BCUT2D eigenvalue weighted by molar-refractivity contribution is 5.80. The van der Waals surface area contributed by atoms with Gasteiger partial charge in [0.2, 0.25) is 0 Å². The summed E-state index contributed by atoms with van der Waals surface area (Å²) in [5, 5.41) is 4.35. The fourth-order valence-electron chi connectivity index (χ4n) is 3.67. The first kappa shape index (κ1) is 18.8. The highest BCUT2D eigenvalue weighted by Crippen LogP contribution is 2.23. The molecule has 0 spiro atoms. The number of benzene rings is 1. The first-order chi connectivity index (χ1) is 12.3. The van der Waals surface area contributed by atoms with E-state index in [1.54, 1.807) is 4.90 Å². The van der Waals surface area contributed by atoms with E-state index in [-0.39, 0.29) is 11.6 Å². The fourth-order valence-corrected chi connectivity index (χ4v) is 3.67. The van der Waals surface area contributed by atoms with Crippen LogP contribution in [0, 0.1) is 5.92 Å². The summed E-state index contributed by atoms with van der Waals surface area (Å²) < 4.78 is 2.21. The molecule has 1 aliphatic heterocycles. The van der Waals surface area contributed by atoms with E-state index in [4.69, 9.17) is 0 Å². The molecule has 2 heterocycles. The molecular formula is C21H32N4O. The monoisotopic (exact) mass is 356 g/mol. The number of carbonyl (C=O) groups is 1. The van der Waals surface area contributed by atoms with Gasteiger partial charge in [0.15, 0.2) is 0 Å². The van der Waals surface area contributed by atoms with E-state index in [1.807, 2.05) is 7.05 Å². The number of nitrogens with one attached hydrogen (secondary N) is 1. The summed E-state index contributed by atoms with van der Waals surface area (Å²) in [7, 11) is 1.87. The number of amides is 2. The van der Waals surface area contributed by atoms with Gasteiger partial charge in [0.1, 0.15) is 0 Å². The number of nitrogens with zero attached hydrogens (tertiary/aromatic N) is 3. The van der Waals surface area contributed by atoms with Gasteiger partial charge in [-0.25, -0.2) is 4.79 Å². The SMILES string of the molecule is CN(CCn1ccc2ccccc21)C(=O)NCC1CCN(C(C)(C)C)C1. The molecule has 0 aliphatic carbocycles. The second-order valence-corrected chi connectivity index (χ2v) is 8.45. The number of fused-ring (bicyclic) bond motifs is 1. The first-order valence-corrected chi connectivity index (χ1v) is 9.62. The maximum Gasteiger partial charge on any atom is 0.317 e. The van der Waals surface area contributed by atoms with E-state index in [9.17, 15) is 4.79 Å². The molecule has 142 valence electrons. The van der Waals surface area contributed by atoms with Crippen molar-refractivity contribution in [2.24, 2.45) is 5.92 Å². The molecule has 0 bridgehead atoms. The van der Waals surface area contributed by atoms with Crippen LogP contribution in [0.3, 0.4) is 0 Å². The number of hydrogen-bond donors (Lipinski definition) is 1. The first-order valence-electron chi connectivity index (χ1n) is 9.62. The molecule has 2 amide bonds. The average molecular weight is 357 g/mol. The maximum absolute atomic E-state index is 12.4. The number of aromatic nitrogens is 1. The molecule has 0 radical (unpaired) electrons. The molecule has 0 saturated carbocycles. The Morgan fingerprint density at radius 3 is 2.77 bits per heavy atom. The van der Waals surface area contributed by atoms with Crippen molar-refractivity contribution in [3.05, 3.63) is 36.5 Å². The molecule has 1 unspecified atom stereocenters. The average Bonchev–Trinajstić information content (AvgIpc) is 3.24. The van der Waals surface area contributed by atoms with Gasteiger partial charge >= 0.3 is 6.03 Å². The fraction of sp³-hybridized carbons (Fsp3) is 0.571. The summed E-state index contributed by atoms with van der Waals surface area (Å²) >= 11 is 0. The summed E-state index contributed by atoms with van der Waals surface area (Å²) in [6.07, 6.45) is 3.26. The number of urea groups is 1. The lowest BCUT2D eigenvalue weighted by atomic mass is 10.1. The summed E-state index contributed by atoms with van der Waals surface area (Å²) in [4.78, 5) is 16.7. The lowest BCUT2D eigenvalue weighted by Crippen LogP contribution is -2.42. The molecule has 1 aromatic heterocycles. The molecule has 26 heavy (non-hydrogen) atoms. The van der Waals surface area contributed by atoms with Gasteiger partial charge in [0.05, 0.1) is 0 Å². The zero-order valence-electron chi connectivity index (χ0n) is 16.5. The highest BCUT2D eigenvalue weighted by Gasteiger charge is 2.30. The van der Waals surface area contributed by atoms with E-state index in [1.165, 1.54) is 10.9 Å². The van der Waals surface area contributed by atoms with Gasteiger partial charge < -0.3 is 14.8 Å². The van der Waals surface area contributed by atoms with Crippen molar-refractivity contribution >= 4 is 16.9 Å². The Morgan fingerprint density at radius 2 is 2.04 bits per heavy atom. The number of likely N-dealkylation sites (N-methyl/N-ethyl adjacent to an activating group) is 1. The van der Waals surface area contributed by atoms with Gasteiger partial charge in [-0.2, -0.15) is 0 Å². The predicted octanol–water partition coefficient (Wildman–Crippen LogP) is 3.40. The van der Waals surface area contributed by atoms with Crippen molar-refractivity contribution in [1.82, 2.24) is 19.7 Å². The zero-order valence-corrected chi connectivity index (χ0v) is 16.5. The van der Waals surface area contributed by atoms with E-state index >= 15 is 0 Å². The second-order valence-electron chi connectivity index (χ2n) is 8.45. The Labute approximate surface area is 157 Å². The minimum absolute atomic E-state index is 0.0238. The Bertz CT molecular complexity index is 746. The molecule has 5 heteroatoms. The lowest BCUT2D eigenvalue weighted by molar-refractivity contribution is 0.167. The molecule has 1 saturated heterocycles. The number of hydrogen-bond acceptors (Lipinski definition) is 2. The third-order valence-electron chi connectivity index (χ3n) is 5.48. The molecule has 2 aromatic rings. The van der Waals surface area contributed by atoms with Crippen LogP contribution in [0.4, 0.5) is 4.79 Å². The van der Waals surface area contributed by atoms with Gasteiger partial charge in [-0.05, 0) is 57.2 Å². The van der Waals surface area contributed by atoms with E-state index < -0.39 is 0 Å². The van der Waals surface area contributed by atoms with Crippen molar-refractivity contribution in [3.8, 4) is 0 Å². The molecule has 3 rings (SSSR count). The van der Waals surface area contributed by atoms with E-state index in [0.29, 0.717) is 12.5 Å². The quantitative estimate of drug-likeness (QED) is 0.892. The standard InChI is InChI=1S/C21H32N4O/c1-21(2,3)25-12-9-17(16-25)15-22-20(26)23(4)13-14-24-11-10-18-7-5-6-8-19(18)24/h5-8,10-11,17H,9,12-16H2,1-4H3,(H,22,26). The minimum atomic E-state index is 0.0238. The second kappa shape index (κ2) is 7.70. The van der Waals surface area contributed by atoms with E-state index in [0.717, 1.165) is 32.6 Å². The van der Waals surface area contributed by atoms with Crippen molar-refractivity contribution in [2.75, 3.05) is 33.2 Å². The highest BCUT2D eigenvalue weighted by atomic mass is 16.2. The van der Waals surface area contributed by atoms with Crippen LogP contribution in [0.1, 0.15) is 27.2 Å². The van der Waals surface area contributed by atoms with Crippen molar-refractivity contribution in [3.63, 3.8) is 0 Å². The summed E-state index contributed by atoms with van der Waals surface area (Å²) in [5.74, 6) is 0.556. The van der Waals surface area contributed by atoms with Gasteiger partial charge in [0, 0.05) is 50.5 Å². The largest absolute Gasteiger partial charge is 0.346 e. The Hall–Kier alpha value is -2.01. The maximum atomic E-state index is 12.4. The van der Waals surface area contributed by atoms with Gasteiger partial charge in [0.25, 0.3) is 0 Å². The number of rotatable bonds is 5. The van der Waals surface area contributed by atoms with Crippen molar-refractivity contribution in [1.29, 1.82) is 0 Å². The van der Waals surface area contributed by atoms with Crippen LogP contribution in [0.2, 0.25) is 0 Å².